The summed E-state index contributed by atoms with van der Waals surface area (Å²) in [7, 11) is 0. The van der Waals surface area contributed by atoms with E-state index in [0.29, 0.717) is 12.1 Å². The molecular formula is C15H27N3. The minimum absolute atomic E-state index is 0.581. The third-order valence-electron chi connectivity index (χ3n) is 4.85. The van der Waals surface area contributed by atoms with E-state index in [1.54, 1.807) is 0 Å². The number of rotatable bonds is 3. The van der Waals surface area contributed by atoms with Crippen molar-refractivity contribution in [1.29, 1.82) is 0 Å². The summed E-state index contributed by atoms with van der Waals surface area (Å²) in [6.07, 6.45) is 10.7. The molecule has 3 nitrogen and oxygen atoms in total. The summed E-state index contributed by atoms with van der Waals surface area (Å²) in [5.74, 6) is 1.23. The fourth-order valence-corrected chi connectivity index (χ4v) is 4.00. The topological polar surface area (TPSA) is 27.6 Å². The van der Waals surface area contributed by atoms with Crippen LogP contribution in [0.3, 0.4) is 0 Å². The molecule has 3 aliphatic heterocycles. The number of guanidine groups is 1. The maximum Gasteiger partial charge on any atom is 0.194 e. The summed E-state index contributed by atoms with van der Waals surface area (Å²) >= 11 is 0. The molecule has 4 unspecified atom stereocenters. The molecule has 4 atom stereocenters. The quantitative estimate of drug-likeness (QED) is 0.833. The zero-order valence-electron chi connectivity index (χ0n) is 11.9. The van der Waals surface area contributed by atoms with Gasteiger partial charge in [0.25, 0.3) is 0 Å². The first kappa shape index (κ1) is 12.3. The SMILES string of the molecule is CCCCC1CC2CCCC3CC(C)NC(=N1)N23. The van der Waals surface area contributed by atoms with Crippen molar-refractivity contribution in [1.82, 2.24) is 10.2 Å². The summed E-state index contributed by atoms with van der Waals surface area (Å²) in [5.41, 5.74) is 0. The molecule has 3 rings (SSSR count). The zero-order chi connectivity index (χ0) is 12.5. The van der Waals surface area contributed by atoms with Gasteiger partial charge in [0, 0.05) is 18.1 Å². The van der Waals surface area contributed by atoms with Gasteiger partial charge in [0.15, 0.2) is 5.96 Å². The minimum Gasteiger partial charge on any atom is -0.354 e. The summed E-state index contributed by atoms with van der Waals surface area (Å²) < 4.78 is 0. The van der Waals surface area contributed by atoms with Gasteiger partial charge >= 0.3 is 0 Å². The van der Waals surface area contributed by atoms with Crippen LogP contribution in [0.25, 0.3) is 0 Å². The van der Waals surface area contributed by atoms with Crippen molar-refractivity contribution in [2.75, 3.05) is 0 Å². The van der Waals surface area contributed by atoms with Crippen LogP contribution in [0.15, 0.2) is 4.99 Å². The molecule has 0 bridgehead atoms. The van der Waals surface area contributed by atoms with E-state index in [4.69, 9.17) is 4.99 Å². The van der Waals surface area contributed by atoms with Crippen LogP contribution in [0.5, 0.6) is 0 Å². The van der Waals surface area contributed by atoms with E-state index in [1.807, 2.05) is 0 Å². The standard InChI is InChI=1S/C15H27N3/c1-3-4-6-12-10-14-8-5-7-13-9-11(2)16-15(17-12)18(13)14/h11-14H,3-10H2,1-2H3,(H,16,17). The van der Waals surface area contributed by atoms with Crippen molar-refractivity contribution in [2.24, 2.45) is 4.99 Å². The van der Waals surface area contributed by atoms with E-state index < -0.39 is 0 Å². The molecule has 2 fully saturated rings. The fraction of sp³-hybridized carbons (Fsp3) is 0.933. The molecular weight excluding hydrogens is 222 g/mol. The molecule has 102 valence electrons. The minimum atomic E-state index is 0.581. The Labute approximate surface area is 111 Å². The molecule has 0 amide bonds. The largest absolute Gasteiger partial charge is 0.354 e. The predicted molar refractivity (Wildman–Crippen MR) is 75.8 cm³/mol. The van der Waals surface area contributed by atoms with Crippen molar-refractivity contribution >= 4 is 5.96 Å². The van der Waals surface area contributed by atoms with Crippen molar-refractivity contribution in [3.8, 4) is 0 Å². The average Bonchev–Trinajstić information content (AvgIpc) is 2.36. The lowest BCUT2D eigenvalue weighted by Gasteiger charge is -2.52. The number of nitrogens with one attached hydrogen (secondary N) is 1. The fourth-order valence-electron chi connectivity index (χ4n) is 4.00. The second-order valence-electron chi connectivity index (χ2n) is 6.41. The highest BCUT2D eigenvalue weighted by Crippen LogP contribution is 2.34. The molecule has 0 spiro atoms. The first-order valence-electron chi connectivity index (χ1n) is 7.90. The lowest BCUT2D eigenvalue weighted by atomic mass is 9.85. The highest BCUT2D eigenvalue weighted by atomic mass is 15.4. The Hall–Kier alpha value is -0.730. The highest BCUT2D eigenvalue weighted by molar-refractivity contribution is 5.82. The van der Waals surface area contributed by atoms with Gasteiger partial charge in [0.2, 0.25) is 0 Å². The Kier molecular flexibility index (Phi) is 3.49. The molecule has 0 aliphatic carbocycles. The molecule has 18 heavy (non-hydrogen) atoms. The molecule has 3 aliphatic rings. The van der Waals surface area contributed by atoms with E-state index in [9.17, 15) is 0 Å². The molecule has 0 aromatic heterocycles. The Bertz CT molecular complexity index is 326. The second kappa shape index (κ2) is 5.10. The summed E-state index contributed by atoms with van der Waals surface area (Å²) in [6.45, 7) is 4.58. The highest BCUT2D eigenvalue weighted by Gasteiger charge is 2.40. The molecule has 0 radical (unpaired) electrons. The van der Waals surface area contributed by atoms with Gasteiger partial charge in [-0.2, -0.15) is 0 Å². The van der Waals surface area contributed by atoms with Crippen LogP contribution in [0.2, 0.25) is 0 Å². The van der Waals surface area contributed by atoms with Crippen molar-refractivity contribution in [2.45, 2.75) is 89.4 Å². The van der Waals surface area contributed by atoms with E-state index in [0.717, 1.165) is 12.1 Å². The van der Waals surface area contributed by atoms with Gasteiger partial charge < -0.3 is 10.2 Å². The average molecular weight is 249 g/mol. The van der Waals surface area contributed by atoms with E-state index in [1.165, 1.54) is 57.3 Å². The lowest BCUT2D eigenvalue weighted by Crippen LogP contribution is -2.64. The molecule has 1 N–H and O–H groups in total. The van der Waals surface area contributed by atoms with E-state index in [-0.39, 0.29) is 0 Å². The van der Waals surface area contributed by atoms with E-state index >= 15 is 0 Å². The Morgan fingerprint density at radius 1 is 1.28 bits per heavy atom. The lowest BCUT2D eigenvalue weighted by molar-refractivity contribution is 0.102. The number of hydrogen-bond donors (Lipinski definition) is 1. The third-order valence-corrected chi connectivity index (χ3v) is 4.85. The summed E-state index contributed by atoms with van der Waals surface area (Å²) in [6, 6.07) is 2.73. The van der Waals surface area contributed by atoms with Crippen LogP contribution in [0, 0.1) is 0 Å². The van der Waals surface area contributed by atoms with Crippen molar-refractivity contribution in [3.63, 3.8) is 0 Å². The van der Waals surface area contributed by atoms with Gasteiger partial charge in [-0.15, -0.1) is 0 Å². The van der Waals surface area contributed by atoms with Gasteiger partial charge in [-0.05, 0) is 45.4 Å². The first-order valence-corrected chi connectivity index (χ1v) is 7.90. The number of unbranched alkanes of at least 4 members (excludes halogenated alkanes) is 1. The number of nitrogens with zero attached hydrogens (tertiary/aromatic N) is 2. The number of aliphatic imine (C=N–C) groups is 1. The van der Waals surface area contributed by atoms with Gasteiger partial charge in [0.1, 0.15) is 0 Å². The number of hydrogen-bond acceptors (Lipinski definition) is 3. The molecule has 3 heterocycles. The number of piperidine rings is 1. The molecule has 3 heteroatoms. The van der Waals surface area contributed by atoms with Crippen molar-refractivity contribution < 1.29 is 0 Å². The molecule has 0 saturated carbocycles. The van der Waals surface area contributed by atoms with Gasteiger partial charge in [-0.3, -0.25) is 0 Å². The molecule has 0 aromatic carbocycles. The van der Waals surface area contributed by atoms with Crippen LogP contribution in [-0.4, -0.2) is 35.0 Å². The van der Waals surface area contributed by atoms with Gasteiger partial charge in [-0.1, -0.05) is 19.8 Å². The third kappa shape index (κ3) is 2.24. The Morgan fingerprint density at radius 3 is 2.83 bits per heavy atom. The van der Waals surface area contributed by atoms with Gasteiger partial charge in [-0.25, -0.2) is 4.99 Å². The summed E-state index contributed by atoms with van der Waals surface area (Å²) in [4.78, 5) is 7.64. The maximum absolute atomic E-state index is 5.01. The summed E-state index contributed by atoms with van der Waals surface area (Å²) in [5, 5.41) is 3.63. The Morgan fingerprint density at radius 2 is 2.06 bits per heavy atom. The monoisotopic (exact) mass is 249 g/mol. The molecule has 0 aromatic rings. The Balaban J connectivity index is 1.78. The smallest absolute Gasteiger partial charge is 0.194 e. The normalized spacial score (nSPS) is 38.8. The van der Waals surface area contributed by atoms with Crippen LogP contribution in [0.1, 0.15) is 65.2 Å². The zero-order valence-corrected chi connectivity index (χ0v) is 11.9. The van der Waals surface area contributed by atoms with E-state index in [2.05, 4.69) is 24.1 Å². The van der Waals surface area contributed by atoms with Crippen LogP contribution < -0.4 is 5.32 Å². The van der Waals surface area contributed by atoms with Crippen LogP contribution >= 0.6 is 0 Å². The van der Waals surface area contributed by atoms with Gasteiger partial charge in [0.05, 0.1) is 6.04 Å². The second-order valence-corrected chi connectivity index (χ2v) is 6.41. The maximum atomic E-state index is 5.01. The first-order chi connectivity index (χ1) is 8.78. The van der Waals surface area contributed by atoms with Crippen molar-refractivity contribution in [3.05, 3.63) is 0 Å². The molecule has 2 saturated heterocycles. The van der Waals surface area contributed by atoms with Crippen LogP contribution in [-0.2, 0) is 0 Å². The predicted octanol–water partition coefficient (Wildman–Crippen LogP) is 2.91. The van der Waals surface area contributed by atoms with Crippen LogP contribution in [0.4, 0.5) is 0 Å².